The second-order valence-electron chi connectivity index (χ2n) is 8.61. The number of aromatic nitrogens is 1. The minimum absolute atomic E-state index is 0. The van der Waals surface area contributed by atoms with E-state index in [2.05, 4.69) is 54.2 Å². The molecule has 0 saturated carbocycles. The van der Waals surface area contributed by atoms with E-state index in [9.17, 15) is 0 Å². The van der Waals surface area contributed by atoms with Gasteiger partial charge in [-0.2, -0.15) is 0 Å². The van der Waals surface area contributed by atoms with E-state index in [-0.39, 0.29) is 24.0 Å². The first kappa shape index (κ1) is 26.4. The molecule has 1 aromatic carbocycles. The Labute approximate surface area is 197 Å². The van der Waals surface area contributed by atoms with E-state index in [4.69, 9.17) is 0 Å². The van der Waals surface area contributed by atoms with Crippen LogP contribution in [0.5, 0.6) is 0 Å². The Bertz CT molecular complexity index is 625. The van der Waals surface area contributed by atoms with E-state index in [0.717, 1.165) is 6.54 Å². The van der Waals surface area contributed by atoms with Gasteiger partial charge in [-0.15, -0.1) is 0 Å². The second-order valence-corrected chi connectivity index (χ2v) is 8.61. The molecule has 0 aliphatic heterocycles. The average molecular weight is 510 g/mol. The summed E-state index contributed by atoms with van der Waals surface area (Å²) in [6, 6.07) is 10.9. The molecule has 0 spiro atoms. The molecule has 2 aromatic rings. The van der Waals surface area contributed by atoms with E-state index in [1.807, 2.05) is 0 Å². The zero-order chi connectivity index (χ0) is 19.7. The fourth-order valence-electron chi connectivity index (χ4n) is 4.16. The first-order valence-corrected chi connectivity index (χ1v) is 12.3. The molecule has 1 nitrogen and oxygen atoms in total. The number of fused-ring (bicyclic) bond motifs is 1. The zero-order valence-corrected chi connectivity index (χ0v) is 21.0. The molecule has 0 N–H and O–H groups in total. The molecular formula is C27H44IN. The Morgan fingerprint density at radius 1 is 0.552 bits per heavy atom. The molecule has 0 atom stereocenters. The van der Waals surface area contributed by atoms with Gasteiger partial charge in [0.2, 0.25) is 0 Å². The van der Waals surface area contributed by atoms with E-state index < -0.39 is 0 Å². The highest BCUT2D eigenvalue weighted by Crippen LogP contribution is 2.14. The van der Waals surface area contributed by atoms with Crippen LogP contribution in [0.25, 0.3) is 10.8 Å². The molecule has 2 rings (SSSR count). The van der Waals surface area contributed by atoms with Crippen LogP contribution in [-0.2, 0) is 6.54 Å². The van der Waals surface area contributed by atoms with Gasteiger partial charge in [0, 0.05) is 17.9 Å². The summed E-state index contributed by atoms with van der Waals surface area (Å²) in [7, 11) is 0. The maximum absolute atomic E-state index is 2.35. The highest BCUT2D eigenvalue weighted by Gasteiger charge is 2.02. The fourth-order valence-corrected chi connectivity index (χ4v) is 4.16. The van der Waals surface area contributed by atoms with Crippen LogP contribution < -0.4 is 28.5 Å². The number of nitrogens with zero attached hydrogens (tertiary/aromatic N) is 1. The second kappa shape index (κ2) is 18.2. The maximum Gasteiger partial charge on any atom is 0.176 e. The SMILES string of the molecule is CCCCCCCCCCCCCCCCCC[n+]1ccc2ccccc2c1.[I-]. The topological polar surface area (TPSA) is 3.88 Å². The molecule has 1 heterocycles. The van der Waals surface area contributed by atoms with Gasteiger partial charge in [0.25, 0.3) is 0 Å². The summed E-state index contributed by atoms with van der Waals surface area (Å²) in [5, 5.41) is 2.69. The summed E-state index contributed by atoms with van der Waals surface area (Å²) in [5.74, 6) is 0. The van der Waals surface area contributed by atoms with Crippen molar-refractivity contribution in [1.29, 1.82) is 0 Å². The van der Waals surface area contributed by atoms with Crippen LogP contribution in [0, 0.1) is 0 Å². The Morgan fingerprint density at radius 3 is 1.52 bits per heavy atom. The third-order valence-electron chi connectivity index (χ3n) is 6.02. The van der Waals surface area contributed by atoms with E-state index in [0.29, 0.717) is 0 Å². The number of unbranched alkanes of at least 4 members (excludes halogenated alkanes) is 15. The quantitative estimate of drug-likeness (QED) is 0.153. The molecule has 0 bridgehead atoms. The lowest BCUT2D eigenvalue weighted by Gasteiger charge is -2.03. The maximum atomic E-state index is 2.35. The van der Waals surface area contributed by atoms with E-state index in [1.54, 1.807) is 0 Å². The van der Waals surface area contributed by atoms with Crippen molar-refractivity contribution in [2.45, 2.75) is 116 Å². The number of aryl methyl sites for hydroxylation is 1. The van der Waals surface area contributed by atoms with Gasteiger partial charge in [0.05, 0.1) is 0 Å². The summed E-state index contributed by atoms with van der Waals surface area (Å²) >= 11 is 0. The van der Waals surface area contributed by atoms with Gasteiger partial charge < -0.3 is 24.0 Å². The first-order chi connectivity index (χ1) is 13.9. The largest absolute Gasteiger partial charge is 1.00 e. The van der Waals surface area contributed by atoms with Crippen LogP contribution in [0.2, 0.25) is 0 Å². The van der Waals surface area contributed by atoms with Gasteiger partial charge in [-0.1, -0.05) is 115 Å². The van der Waals surface area contributed by atoms with Gasteiger partial charge in [0.15, 0.2) is 12.4 Å². The summed E-state index contributed by atoms with van der Waals surface area (Å²) in [6.07, 6.45) is 27.5. The summed E-state index contributed by atoms with van der Waals surface area (Å²) in [6.45, 7) is 3.45. The molecule has 2 heteroatoms. The van der Waals surface area contributed by atoms with E-state index >= 15 is 0 Å². The highest BCUT2D eigenvalue weighted by atomic mass is 127. The van der Waals surface area contributed by atoms with Crippen molar-refractivity contribution in [3.8, 4) is 0 Å². The van der Waals surface area contributed by atoms with Crippen molar-refractivity contribution >= 4 is 10.8 Å². The summed E-state index contributed by atoms with van der Waals surface area (Å²) in [4.78, 5) is 0. The van der Waals surface area contributed by atoms with Crippen LogP contribution in [-0.4, -0.2) is 0 Å². The third kappa shape index (κ3) is 12.6. The first-order valence-electron chi connectivity index (χ1n) is 12.3. The number of halogens is 1. The number of benzene rings is 1. The number of hydrogen-bond acceptors (Lipinski definition) is 0. The average Bonchev–Trinajstić information content (AvgIpc) is 2.73. The number of pyridine rings is 1. The van der Waals surface area contributed by atoms with Gasteiger partial charge in [-0.05, 0) is 17.9 Å². The Balaban J connectivity index is 0.00000420. The zero-order valence-electron chi connectivity index (χ0n) is 18.9. The predicted molar refractivity (Wildman–Crippen MR) is 124 cm³/mol. The van der Waals surface area contributed by atoms with Gasteiger partial charge in [0.1, 0.15) is 6.54 Å². The van der Waals surface area contributed by atoms with Crippen LogP contribution >= 0.6 is 0 Å². The Kier molecular flexibility index (Phi) is 16.5. The molecule has 0 fully saturated rings. The highest BCUT2D eigenvalue weighted by molar-refractivity contribution is 5.80. The minimum Gasteiger partial charge on any atom is -1.00 e. The Morgan fingerprint density at radius 2 is 1.00 bits per heavy atom. The van der Waals surface area contributed by atoms with Crippen molar-refractivity contribution in [3.63, 3.8) is 0 Å². The molecule has 0 aliphatic carbocycles. The van der Waals surface area contributed by atoms with Crippen LogP contribution in [0.15, 0.2) is 42.7 Å². The van der Waals surface area contributed by atoms with Crippen molar-refractivity contribution in [2.24, 2.45) is 0 Å². The third-order valence-corrected chi connectivity index (χ3v) is 6.02. The molecule has 29 heavy (non-hydrogen) atoms. The van der Waals surface area contributed by atoms with Crippen molar-refractivity contribution in [2.75, 3.05) is 0 Å². The van der Waals surface area contributed by atoms with Crippen LogP contribution in [0.1, 0.15) is 110 Å². The van der Waals surface area contributed by atoms with Crippen molar-refractivity contribution < 1.29 is 28.5 Å². The van der Waals surface area contributed by atoms with Crippen LogP contribution in [0.4, 0.5) is 0 Å². The van der Waals surface area contributed by atoms with Gasteiger partial charge in [-0.25, -0.2) is 4.57 Å². The predicted octanol–water partition coefficient (Wildman–Crippen LogP) is 5.39. The molecule has 164 valence electrons. The molecule has 0 amide bonds. The number of rotatable bonds is 17. The Hall–Kier alpha value is -0.640. The van der Waals surface area contributed by atoms with Gasteiger partial charge >= 0.3 is 0 Å². The summed E-state index contributed by atoms with van der Waals surface area (Å²) in [5.41, 5.74) is 0. The molecule has 0 unspecified atom stereocenters. The molecule has 0 aliphatic rings. The lowest BCUT2D eigenvalue weighted by atomic mass is 10.0. The van der Waals surface area contributed by atoms with Gasteiger partial charge in [-0.3, -0.25) is 0 Å². The normalized spacial score (nSPS) is 10.9. The monoisotopic (exact) mass is 509 g/mol. The molecule has 0 saturated heterocycles. The fraction of sp³-hybridized carbons (Fsp3) is 0.667. The molecule has 0 radical (unpaired) electrons. The van der Waals surface area contributed by atoms with Crippen molar-refractivity contribution in [3.05, 3.63) is 42.7 Å². The number of hydrogen-bond donors (Lipinski definition) is 0. The lowest BCUT2D eigenvalue weighted by molar-refractivity contribution is -0.696. The lowest BCUT2D eigenvalue weighted by Crippen LogP contribution is -3.00. The summed E-state index contributed by atoms with van der Waals surface area (Å²) < 4.78 is 2.35. The van der Waals surface area contributed by atoms with E-state index in [1.165, 1.54) is 114 Å². The standard InChI is InChI=1S/C27H44N.HI/c1-2-3-4-5-6-7-8-9-10-11-12-13-14-15-16-19-23-28-24-22-26-20-17-18-21-27(26)25-28;/h17-18,20-22,24-25H,2-16,19,23H2,1H3;1H/q+1;/p-1. The van der Waals surface area contributed by atoms with Crippen molar-refractivity contribution in [1.82, 2.24) is 0 Å². The molecule has 1 aromatic heterocycles. The smallest absolute Gasteiger partial charge is 0.176 e. The minimum atomic E-state index is 0. The van der Waals surface area contributed by atoms with Crippen LogP contribution in [0.3, 0.4) is 0 Å². The molecular weight excluding hydrogens is 465 g/mol.